The minimum absolute atomic E-state index is 0.164. The van der Waals surface area contributed by atoms with Crippen molar-refractivity contribution in [3.05, 3.63) is 59.7 Å². The molecule has 0 aliphatic heterocycles. The van der Waals surface area contributed by atoms with Gasteiger partial charge in [-0.2, -0.15) is 0 Å². The van der Waals surface area contributed by atoms with Crippen LogP contribution < -0.4 is 14.8 Å². The number of benzene rings is 2. The predicted octanol–water partition coefficient (Wildman–Crippen LogP) is 5.48. The maximum atomic E-state index is 12.2. The summed E-state index contributed by atoms with van der Waals surface area (Å²) in [4.78, 5) is 12.2. The van der Waals surface area contributed by atoms with E-state index >= 15 is 0 Å². The van der Waals surface area contributed by atoms with Gasteiger partial charge in [-0.25, -0.2) is 0 Å². The first-order chi connectivity index (χ1) is 13.2. The van der Waals surface area contributed by atoms with E-state index in [-0.39, 0.29) is 5.91 Å². The number of aryl methyl sites for hydroxylation is 1. The van der Waals surface area contributed by atoms with Gasteiger partial charge in [0.2, 0.25) is 5.91 Å². The summed E-state index contributed by atoms with van der Waals surface area (Å²) >= 11 is 0. The van der Waals surface area contributed by atoms with Crippen LogP contribution in [0.15, 0.2) is 48.5 Å². The van der Waals surface area contributed by atoms with Crippen LogP contribution in [0.3, 0.4) is 0 Å². The normalized spacial score (nSPS) is 10.8. The Labute approximate surface area is 162 Å². The Bertz CT molecular complexity index is 751. The van der Waals surface area contributed by atoms with Crippen LogP contribution in [0.4, 0.5) is 5.69 Å². The minimum Gasteiger partial charge on any atom is -0.490 e. The van der Waals surface area contributed by atoms with Crippen molar-refractivity contribution in [1.29, 1.82) is 0 Å². The Morgan fingerprint density at radius 2 is 1.67 bits per heavy atom. The Balaban J connectivity index is 1.98. The monoisotopic (exact) mass is 367 g/mol. The molecular formula is C23H29NO3. The lowest BCUT2D eigenvalue weighted by Crippen LogP contribution is -2.07. The summed E-state index contributed by atoms with van der Waals surface area (Å²) in [7, 11) is 0. The number of hydrogen-bond donors (Lipinski definition) is 1. The van der Waals surface area contributed by atoms with E-state index in [1.165, 1.54) is 24.5 Å². The molecule has 0 radical (unpaired) electrons. The highest BCUT2D eigenvalue weighted by Crippen LogP contribution is 2.29. The Morgan fingerprint density at radius 3 is 2.33 bits per heavy atom. The summed E-state index contributed by atoms with van der Waals surface area (Å²) in [5.41, 5.74) is 2.97. The molecule has 4 nitrogen and oxygen atoms in total. The number of hydrogen-bond acceptors (Lipinski definition) is 3. The molecule has 144 valence electrons. The molecule has 0 bridgehead atoms. The molecule has 2 aromatic carbocycles. The number of anilines is 1. The number of ether oxygens (including phenoxy) is 2. The zero-order valence-corrected chi connectivity index (χ0v) is 16.5. The molecule has 0 fully saturated rings. The highest BCUT2D eigenvalue weighted by atomic mass is 16.5. The van der Waals surface area contributed by atoms with Crippen molar-refractivity contribution in [3.8, 4) is 11.5 Å². The Hall–Kier alpha value is -2.75. The fourth-order valence-corrected chi connectivity index (χ4v) is 2.66. The first kappa shape index (κ1) is 20.6. The molecular weight excluding hydrogens is 338 g/mol. The van der Waals surface area contributed by atoms with Gasteiger partial charge in [0.15, 0.2) is 11.5 Å². The van der Waals surface area contributed by atoms with Gasteiger partial charge < -0.3 is 14.8 Å². The number of carbonyl (C=O) groups is 1. The largest absolute Gasteiger partial charge is 0.490 e. The maximum Gasteiger partial charge on any atom is 0.248 e. The molecule has 0 spiro atoms. The molecule has 1 amide bonds. The maximum absolute atomic E-state index is 12.2. The van der Waals surface area contributed by atoms with Gasteiger partial charge >= 0.3 is 0 Å². The van der Waals surface area contributed by atoms with Gasteiger partial charge in [-0.15, -0.1) is 0 Å². The van der Waals surface area contributed by atoms with Crippen molar-refractivity contribution in [2.24, 2.45) is 0 Å². The van der Waals surface area contributed by atoms with Crippen LogP contribution in [-0.2, 0) is 11.2 Å². The van der Waals surface area contributed by atoms with Crippen LogP contribution in [0.25, 0.3) is 6.08 Å². The van der Waals surface area contributed by atoms with Crippen LogP contribution in [0.1, 0.15) is 44.7 Å². The second-order valence-corrected chi connectivity index (χ2v) is 6.20. The smallest absolute Gasteiger partial charge is 0.248 e. The molecule has 0 saturated heterocycles. The Kier molecular flexibility index (Phi) is 8.43. The molecule has 0 unspecified atom stereocenters. The van der Waals surface area contributed by atoms with Gasteiger partial charge in [-0.3, -0.25) is 4.79 Å². The van der Waals surface area contributed by atoms with Crippen LogP contribution in [-0.4, -0.2) is 19.1 Å². The summed E-state index contributed by atoms with van der Waals surface area (Å²) in [6, 6.07) is 13.7. The predicted molar refractivity (Wildman–Crippen MR) is 111 cm³/mol. The van der Waals surface area contributed by atoms with Crippen molar-refractivity contribution in [1.82, 2.24) is 0 Å². The molecule has 0 atom stereocenters. The number of nitrogens with one attached hydrogen (secondary N) is 1. The molecule has 0 aromatic heterocycles. The molecule has 2 rings (SSSR count). The van der Waals surface area contributed by atoms with E-state index in [1.54, 1.807) is 6.08 Å². The first-order valence-corrected chi connectivity index (χ1v) is 9.63. The quantitative estimate of drug-likeness (QED) is 0.566. The second-order valence-electron chi connectivity index (χ2n) is 6.20. The minimum atomic E-state index is -0.164. The van der Waals surface area contributed by atoms with Crippen LogP contribution >= 0.6 is 0 Å². The van der Waals surface area contributed by atoms with Gasteiger partial charge in [0.05, 0.1) is 13.2 Å². The SMILES string of the molecule is CCCCc1ccc(NC(=O)C=Cc2ccc(OCC)c(OCC)c2)cc1. The molecule has 2 aromatic rings. The van der Waals surface area contributed by atoms with Gasteiger partial charge in [-0.05, 0) is 68.2 Å². The fourth-order valence-electron chi connectivity index (χ4n) is 2.66. The Morgan fingerprint density at radius 1 is 0.963 bits per heavy atom. The lowest BCUT2D eigenvalue weighted by molar-refractivity contribution is -0.111. The standard InChI is InChI=1S/C23H29NO3/c1-4-7-8-18-9-13-20(14-10-18)24-23(25)16-12-19-11-15-21(26-5-2)22(17-19)27-6-3/h9-17H,4-8H2,1-3H3,(H,24,25). The van der Waals surface area contributed by atoms with Gasteiger partial charge in [0.25, 0.3) is 0 Å². The summed E-state index contributed by atoms with van der Waals surface area (Å²) in [5.74, 6) is 1.23. The molecule has 0 aliphatic rings. The highest BCUT2D eigenvalue weighted by molar-refractivity contribution is 6.01. The van der Waals surface area contributed by atoms with Crippen molar-refractivity contribution < 1.29 is 14.3 Å². The zero-order chi connectivity index (χ0) is 19.5. The van der Waals surface area contributed by atoms with Gasteiger partial charge in [0.1, 0.15) is 0 Å². The summed E-state index contributed by atoms with van der Waals surface area (Å²) in [6.07, 6.45) is 6.73. The third-order valence-corrected chi connectivity index (χ3v) is 4.04. The average molecular weight is 367 g/mol. The molecule has 4 heteroatoms. The number of unbranched alkanes of at least 4 members (excludes halogenated alkanes) is 1. The zero-order valence-electron chi connectivity index (χ0n) is 16.5. The number of amides is 1. The number of rotatable bonds is 10. The molecule has 0 aliphatic carbocycles. The molecule has 1 N–H and O–H groups in total. The third kappa shape index (κ3) is 6.81. The van der Waals surface area contributed by atoms with E-state index in [4.69, 9.17) is 9.47 Å². The molecule has 0 saturated carbocycles. The van der Waals surface area contributed by atoms with Crippen molar-refractivity contribution in [3.63, 3.8) is 0 Å². The topological polar surface area (TPSA) is 47.6 Å². The lowest BCUT2D eigenvalue weighted by atomic mass is 10.1. The van der Waals surface area contributed by atoms with E-state index < -0.39 is 0 Å². The van der Waals surface area contributed by atoms with E-state index in [0.717, 1.165) is 17.7 Å². The fraction of sp³-hybridized carbons (Fsp3) is 0.348. The second kappa shape index (κ2) is 11.1. The van der Waals surface area contributed by atoms with E-state index in [2.05, 4.69) is 24.4 Å². The van der Waals surface area contributed by atoms with Crippen LogP contribution in [0.2, 0.25) is 0 Å². The summed E-state index contributed by atoms with van der Waals surface area (Å²) in [6.45, 7) is 7.18. The van der Waals surface area contributed by atoms with E-state index in [9.17, 15) is 4.79 Å². The first-order valence-electron chi connectivity index (χ1n) is 9.63. The molecule has 27 heavy (non-hydrogen) atoms. The summed E-state index contributed by atoms with van der Waals surface area (Å²) in [5, 5.41) is 2.89. The highest BCUT2D eigenvalue weighted by Gasteiger charge is 2.05. The third-order valence-electron chi connectivity index (χ3n) is 4.04. The van der Waals surface area contributed by atoms with Crippen molar-refractivity contribution in [2.45, 2.75) is 40.0 Å². The van der Waals surface area contributed by atoms with Gasteiger partial charge in [-0.1, -0.05) is 31.5 Å². The summed E-state index contributed by atoms with van der Waals surface area (Å²) < 4.78 is 11.2. The van der Waals surface area contributed by atoms with Crippen molar-refractivity contribution >= 4 is 17.7 Å². The van der Waals surface area contributed by atoms with E-state index in [0.29, 0.717) is 24.7 Å². The lowest BCUT2D eigenvalue weighted by Gasteiger charge is -2.11. The van der Waals surface area contributed by atoms with Crippen LogP contribution in [0.5, 0.6) is 11.5 Å². The average Bonchev–Trinajstić information content (AvgIpc) is 2.68. The molecule has 0 heterocycles. The van der Waals surface area contributed by atoms with E-state index in [1.807, 2.05) is 44.2 Å². The van der Waals surface area contributed by atoms with Crippen molar-refractivity contribution in [2.75, 3.05) is 18.5 Å². The van der Waals surface area contributed by atoms with Gasteiger partial charge in [0, 0.05) is 11.8 Å². The van der Waals surface area contributed by atoms with Crippen LogP contribution in [0, 0.1) is 0 Å². The number of carbonyl (C=O) groups excluding carboxylic acids is 1.